The Kier molecular flexibility index (Phi) is 7.16. The maximum absolute atomic E-state index is 13.7. The first-order chi connectivity index (χ1) is 17.2. The highest BCUT2D eigenvalue weighted by Gasteiger charge is 2.35. The molecule has 2 aromatic carbocycles. The highest BCUT2D eigenvalue weighted by molar-refractivity contribution is 7.07. The van der Waals surface area contributed by atoms with E-state index in [-0.39, 0.29) is 28.5 Å². The standard InChI is InChI=1S/C26H25N3O6S/c1-5-34-25(31)22-16(4)27-26-28(23(22)18-11-7-9-13-20(18)35-15(2)3)24(30)21(36-26)14-17-10-6-8-12-19(17)29(32)33/h6-15,23H,5H2,1-4H3/b21-14+/t23-/m1/s1. The minimum Gasteiger partial charge on any atom is -0.491 e. The van der Waals surface area contributed by atoms with E-state index in [1.807, 2.05) is 26.0 Å². The maximum atomic E-state index is 13.7. The number of benzene rings is 2. The minimum absolute atomic E-state index is 0.112. The number of thiazole rings is 1. The summed E-state index contributed by atoms with van der Waals surface area (Å²) in [5.74, 6) is -0.0432. The summed E-state index contributed by atoms with van der Waals surface area (Å²) in [6.45, 7) is 7.35. The third kappa shape index (κ3) is 4.72. The van der Waals surface area contributed by atoms with E-state index in [1.165, 1.54) is 16.7 Å². The zero-order chi connectivity index (χ0) is 26.0. The number of aromatic nitrogens is 1. The summed E-state index contributed by atoms with van der Waals surface area (Å²) < 4.78 is 13.0. The van der Waals surface area contributed by atoms with Gasteiger partial charge in [-0.2, -0.15) is 0 Å². The molecule has 0 spiro atoms. The van der Waals surface area contributed by atoms with Crippen molar-refractivity contribution in [2.75, 3.05) is 6.61 Å². The Bertz CT molecular complexity index is 1550. The van der Waals surface area contributed by atoms with Crippen molar-refractivity contribution >= 4 is 29.1 Å². The van der Waals surface area contributed by atoms with Gasteiger partial charge in [-0.3, -0.25) is 19.5 Å². The van der Waals surface area contributed by atoms with Crippen LogP contribution in [0.1, 0.15) is 44.9 Å². The normalized spacial score (nSPS) is 15.5. The van der Waals surface area contributed by atoms with Crippen LogP contribution >= 0.6 is 11.3 Å². The number of para-hydroxylation sites is 2. The van der Waals surface area contributed by atoms with Crippen LogP contribution in [0.15, 0.2) is 69.6 Å². The molecule has 3 aromatic rings. The van der Waals surface area contributed by atoms with Gasteiger partial charge < -0.3 is 9.47 Å². The fourth-order valence-corrected chi connectivity index (χ4v) is 5.11. The molecule has 9 nitrogen and oxygen atoms in total. The van der Waals surface area contributed by atoms with Gasteiger partial charge in [-0.25, -0.2) is 9.79 Å². The second kappa shape index (κ2) is 10.3. The van der Waals surface area contributed by atoms with Crippen LogP contribution in [0.25, 0.3) is 6.08 Å². The third-order valence-electron chi connectivity index (χ3n) is 5.51. The lowest BCUT2D eigenvalue weighted by Crippen LogP contribution is -2.40. The van der Waals surface area contributed by atoms with Gasteiger partial charge in [0, 0.05) is 11.6 Å². The molecule has 10 heteroatoms. The molecule has 1 aliphatic rings. The van der Waals surface area contributed by atoms with Crippen LogP contribution in [0.5, 0.6) is 5.75 Å². The highest BCUT2D eigenvalue weighted by atomic mass is 32.1. The van der Waals surface area contributed by atoms with Crippen LogP contribution in [-0.2, 0) is 9.53 Å². The van der Waals surface area contributed by atoms with Gasteiger partial charge in [0.2, 0.25) is 0 Å². The summed E-state index contributed by atoms with van der Waals surface area (Å²) in [5.41, 5.74) is 1.04. The molecule has 0 saturated carbocycles. The molecule has 1 aromatic heterocycles. The molecule has 0 N–H and O–H groups in total. The predicted molar refractivity (Wildman–Crippen MR) is 136 cm³/mol. The zero-order valence-electron chi connectivity index (χ0n) is 20.3. The molecule has 0 amide bonds. The first kappa shape index (κ1) is 25.1. The van der Waals surface area contributed by atoms with Crippen molar-refractivity contribution in [3.8, 4) is 5.75 Å². The summed E-state index contributed by atoms with van der Waals surface area (Å²) in [4.78, 5) is 42.8. The van der Waals surface area contributed by atoms with Crippen LogP contribution in [0.2, 0.25) is 0 Å². The maximum Gasteiger partial charge on any atom is 0.338 e. The van der Waals surface area contributed by atoms with E-state index in [4.69, 9.17) is 9.47 Å². The third-order valence-corrected chi connectivity index (χ3v) is 6.50. The van der Waals surface area contributed by atoms with Crippen LogP contribution in [-0.4, -0.2) is 28.2 Å². The smallest absolute Gasteiger partial charge is 0.338 e. The Morgan fingerprint density at radius 1 is 1.22 bits per heavy atom. The molecule has 0 aliphatic carbocycles. The quantitative estimate of drug-likeness (QED) is 0.275. The van der Waals surface area contributed by atoms with Gasteiger partial charge in [0.15, 0.2) is 4.80 Å². The van der Waals surface area contributed by atoms with Gasteiger partial charge in [0.1, 0.15) is 11.8 Å². The highest BCUT2D eigenvalue weighted by Crippen LogP contribution is 2.36. The van der Waals surface area contributed by atoms with Crippen molar-refractivity contribution in [3.05, 3.63) is 101 Å². The van der Waals surface area contributed by atoms with Crippen molar-refractivity contribution in [1.29, 1.82) is 0 Å². The van der Waals surface area contributed by atoms with Crippen molar-refractivity contribution in [1.82, 2.24) is 4.57 Å². The number of allylic oxidation sites excluding steroid dienone is 1. The van der Waals surface area contributed by atoms with E-state index in [0.717, 1.165) is 11.3 Å². The van der Waals surface area contributed by atoms with E-state index in [2.05, 4.69) is 4.99 Å². The average Bonchev–Trinajstić information content (AvgIpc) is 3.13. The average molecular weight is 508 g/mol. The number of hydrogen-bond donors (Lipinski definition) is 0. The second-order valence-electron chi connectivity index (χ2n) is 8.32. The van der Waals surface area contributed by atoms with Crippen molar-refractivity contribution in [2.45, 2.75) is 39.8 Å². The van der Waals surface area contributed by atoms with E-state index in [9.17, 15) is 19.7 Å². The first-order valence-electron chi connectivity index (χ1n) is 11.4. The Balaban J connectivity index is 2.00. The number of rotatable bonds is 7. The molecule has 2 heterocycles. The molecular weight excluding hydrogens is 482 g/mol. The molecule has 0 unspecified atom stereocenters. The predicted octanol–water partition coefficient (Wildman–Crippen LogP) is 3.49. The molecule has 36 heavy (non-hydrogen) atoms. The lowest BCUT2D eigenvalue weighted by atomic mass is 9.95. The Morgan fingerprint density at radius 2 is 1.92 bits per heavy atom. The summed E-state index contributed by atoms with van der Waals surface area (Å²) in [7, 11) is 0. The first-order valence-corrected chi connectivity index (χ1v) is 12.2. The van der Waals surface area contributed by atoms with Crippen LogP contribution in [0.4, 0.5) is 5.69 Å². The van der Waals surface area contributed by atoms with Gasteiger partial charge in [0.25, 0.3) is 11.2 Å². The molecule has 1 atom stereocenters. The van der Waals surface area contributed by atoms with Crippen LogP contribution in [0.3, 0.4) is 0 Å². The Morgan fingerprint density at radius 3 is 2.61 bits per heavy atom. The van der Waals surface area contributed by atoms with E-state index >= 15 is 0 Å². The van der Waals surface area contributed by atoms with Gasteiger partial charge in [-0.05, 0) is 45.9 Å². The fourth-order valence-electron chi connectivity index (χ4n) is 4.07. The Labute approximate surface area is 210 Å². The van der Waals surface area contributed by atoms with Gasteiger partial charge in [-0.1, -0.05) is 41.7 Å². The summed E-state index contributed by atoms with van der Waals surface area (Å²) in [6, 6.07) is 12.6. The van der Waals surface area contributed by atoms with E-state index in [0.29, 0.717) is 27.4 Å². The van der Waals surface area contributed by atoms with Crippen LogP contribution in [0, 0.1) is 10.1 Å². The molecule has 0 bridgehead atoms. The summed E-state index contributed by atoms with van der Waals surface area (Å²) in [5, 5.41) is 11.5. The van der Waals surface area contributed by atoms with Gasteiger partial charge >= 0.3 is 5.97 Å². The molecular formula is C26H25N3O6S. The molecule has 0 saturated heterocycles. The SMILES string of the molecule is CCOC(=O)C1=C(C)N=c2s/c(=C/c3ccccc3[N+](=O)[O-])c(=O)n2[C@@H]1c1ccccc1OC(C)C. The molecule has 186 valence electrons. The monoisotopic (exact) mass is 507 g/mol. The molecule has 0 fully saturated rings. The molecule has 0 radical (unpaired) electrons. The number of hydrogen-bond acceptors (Lipinski definition) is 8. The number of fused-ring (bicyclic) bond motifs is 1. The minimum atomic E-state index is -0.844. The van der Waals surface area contributed by atoms with E-state index < -0.39 is 22.5 Å². The lowest BCUT2D eigenvalue weighted by molar-refractivity contribution is -0.385. The zero-order valence-corrected chi connectivity index (χ0v) is 21.1. The van der Waals surface area contributed by atoms with Crippen LogP contribution < -0.4 is 19.6 Å². The number of nitro benzene ring substituents is 1. The van der Waals surface area contributed by atoms with E-state index in [1.54, 1.807) is 44.2 Å². The summed E-state index contributed by atoms with van der Waals surface area (Å²) in [6.07, 6.45) is 1.34. The number of nitrogens with zero attached hydrogens (tertiary/aromatic N) is 3. The second-order valence-corrected chi connectivity index (χ2v) is 9.33. The fraction of sp³-hybridized carbons (Fsp3) is 0.269. The Hall–Kier alpha value is -4.05. The topological polar surface area (TPSA) is 113 Å². The molecule has 1 aliphatic heterocycles. The van der Waals surface area contributed by atoms with Crippen molar-refractivity contribution < 1.29 is 19.2 Å². The number of carbonyl (C=O) groups excluding carboxylic acids is 1. The number of carbonyl (C=O) groups is 1. The molecule has 4 rings (SSSR count). The van der Waals surface area contributed by atoms with Gasteiger partial charge in [0.05, 0.1) is 39.0 Å². The largest absolute Gasteiger partial charge is 0.491 e. The number of ether oxygens (including phenoxy) is 2. The van der Waals surface area contributed by atoms with Gasteiger partial charge in [-0.15, -0.1) is 0 Å². The van der Waals surface area contributed by atoms with Crippen molar-refractivity contribution in [2.24, 2.45) is 4.99 Å². The lowest BCUT2D eigenvalue weighted by Gasteiger charge is -2.26. The summed E-state index contributed by atoms with van der Waals surface area (Å²) >= 11 is 1.10. The number of nitro groups is 1. The number of esters is 1. The van der Waals surface area contributed by atoms with Crippen molar-refractivity contribution in [3.63, 3.8) is 0 Å².